The Labute approximate surface area is 65.0 Å². The summed E-state index contributed by atoms with van der Waals surface area (Å²) in [7, 11) is 1.90. The van der Waals surface area contributed by atoms with Crippen LogP contribution in [0.5, 0.6) is 0 Å². The largest absolute Gasteiger partial charge is 0.391 e. The lowest BCUT2D eigenvalue weighted by Gasteiger charge is -1.98. The summed E-state index contributed by atoms with van der Waals surface area (Å²) < 4.78 is 1.10. The highest BCUT2D eigenvalue weighted by molar-refractivity contribution is 9.11. The average molecular weight is 190 g/mol. The number of halogens is 1. The molecule has 0 saturated heterocycles. The van der Waals surface area contributed by atoms with Gasteiger partial charge in [0.25, 0.3) is 0 Å². The summed E-state index contributed by atoms with van der Waals surface area (Å²) in [6.45, 7) is 4.01. The molecule has 0 aromatic carbocycles. The van der Waals surface area contributed by atoms with Gasteiger partial charge in [-0.25, -0.2) is 0 Å². The maximum absolute atomic E-state index is 3.39. The Morgan fingerprint density at radius 1 is 1.56 bits per heavy atom. The molecule has 0 aromatic rings. The molecule has 2 heteroatoms. The SMILES string of the molecule is C/C=C\C(Br)=C(\C)NC. The van der Waals surface area contributed by atoms with E-state index in [1.54, 1.807) is 0 Å². The topological polar surface area (TPSA) is 12.0 Å². The lowest BCUT2D eigenvalue weighted by Crippen LogP contribution is -2.02. The van der Waals surface area contributed by atoms with Gasteiger partial charge in [0.1, 0.15) is 0 Å². The van der Waals surface area contributed by atoms with Crippen LogP contribution in [0.3, 0.4) is 0 Å². The van der Waals surface area contributed by atoms with Crippen LogP contribution in [-0.4, -0.2) is 7.05 Å². The summed E-state index contributed by atoms with van der Waals surface area (Å²) in [5.41, 5.74) is 1.15. The van der Waals surface area contributed by atoms with Crippen molar-refractivity contribution in [2.24, 2.45) is 0 Å². The van der Waals surface area contributed by atoms with E-state index in [1.165, 1.54) is 0 Å². The van der Waals surface area contributed by atoms with Crippen LogP contribution in [0.15, 0.2) is 22.3 Å². The normalized spacial score (nSPS) is 13.8. The van der Waals surface area contributed by atoms with E-state index in [0.717, 1.165) is 10.2 Å². The molecule has 0 saturated carbocycles. The smallest absolute Gasteiger partial charge is 0.0358 e. The number of allylic oxidation sites excluding steroid dienone is 4. The van der Waals surface area contributed by atoms with Gasteiger partial charge in [-0.2, -0.15) is 0 Å². The average Bonchev–Trinajstić information content (AvgIpc) is 1.87. The maximum Gasteiger partial charge on any atom is 0.0358 e. The molecule has 0 amide bonds. The second-order valence-corrected chi connectivity index (χ2v) is 2.58. The molecule has 0 unspecified atom stereocenters. The highest BCUT2D eigenvalue weighted by Gasteiger charge is 1.87. The van der Waals surface area contributed by atoms with Crippen LogP contribution in [0.1, 0.15) is 13.8 Å². The lowest BCUT2D eigenvalue weighted by molar-refractivity contribution is 0.987. The molecule has 0 rings (SSSR count). The maximum atomic E-state index is 3.39. The molecule has 9 heavy (non-hydrogen) atoms. The lowest BCUT2D eigenvalue weighted by atomic mass is 10.4. The van der Waals surface area contributed by atoms with E-state index in [-0.39, 0.29) is 0 Å². The van der Waals surface area contributed by atoms with Crippen molar-refractivity contribution in [1.82, 2.24) is 5.32 Å². The Kier molecular flexibility index (Phi) is 4.50. The second kappa shape index (κ2) is 4.62. The van der Waals surface area contributed by atoms with Crippen LogP contribution in [-0.2, 0) is 0 Å². The van der Waals surface area contributed by atoms with Gasteiger partial charge in [-0.05, 0) is 29.8 Å². The van der Waals surface area contributed by atoms with Crippen LogP contribution in [0, 0.1) is 0 Å². The minimum absolute atomic E-state index is 1.10. The summed E-state index contributed by atoms with van der Waals surface area (Å²) in [5.74, 6) is 0. The fraction of sp³-hybridized carbons (Fsp3) is 0.429. The molecule has 0 fully saturated rings. The van der Waals surface area contributed by atoms with Crippen LogP contribution in [0.4, 0.5) is 0 Å². The fourth-order valence-corrected chi connectivity index (χ4v) is 0.853. The molecule has 0 heterocycles. The van der Waals surface area contributed by atoms with Crippen LogP contribution < -0.4 is 5.32 Å². The van der Waals surface area contributed by atoms with Crippen molar-refractivity contribution < 1.29 is 0 Å². The summed E-state index contributed by atoms with van der Waals surface area (Å²) in [6, 6.07) is 0. The van der Waals surface area contributed by atoms with Gasteiger partial charge < -0.3 is 5.32 Å². The Bertz CT molecular complexity index is 136. The first-order valence-corrected chi connectivity index (χ1v) is 3.68. The summed E-state index contributed by atoms with van der Waals surface area (Å²) in [5, 5.41) is 3.03. The van der Waals surface area contributed by atoms with Crippen molar-refractivity contribution in [3.63, 3.8) is 0 Å². The van der Waals surface area contributed by atoms with E-state index in [2.05, 4.69) is 21.2 Å². The van der Waals surface area contributed by atoms with Gasteiger partial charge in [-0.15, -0.1) is 0 Å². The van der Waals surface area contributed by atoms with Gasteiger partial charge in [-0.3, -0.25) is 0 Å². The van der Waals surface area contributed by atoms with Gasteiger partial charge in [0.05, 0.1) is 0 Å². The van der Waals surface area contributed by atoms with Gasteiger partial charge in [0.15, 0.2) is 0 Å². The minimum Gasteiger partial charge on any atom is -0.391 e. The zero-order valence-corrected chi connectivity index (χ0v) is 7.62. The summed E-state index contributed by atoms with van der Waals surface area (Å²) in [6.07, 6.45) is 4.00. The molecule has 0 bridgehead atoms. The first-order chi connectivity index (χ1) is 4.22. The molecule has 0 spiro atoms. The van der Waals surface area contributed by atoms with Crippen molar-refractivity contribution in [2.45, 2.75) is 13.8 Å². The van der Waals surface area contributed by atoms with Crippen LogP contribution in [0.25, 0.3) is 0 Å². The molecular formula is C7H12BrN. The Hall–Kier alpha value is -0.240. The molecule has 1 nitrogen and oxygen atoms in total. The molecule has 0 radical (unpaired) electrons. The molecule has 0 atom stereocenters. The molecule has 1 N–H and O–H groups in total. The van der Waals surface area contributed by atoms with Crippen LogP contribution in [0.2, 0.25) is 0 Å². The summed E-state index contributed by atoms with van der Waals surface area (Å²) in [4.78, 5) is 0. The standard InChI is InChI=1S/C7H12BrN/c1-4-5-7(8)6(2)9-3/h4-5,9H,1-3H3/b5-4-,7-6+. The molecule has 0 aliphatic rings. The van der Waals surface area contributed by atoms with E-state index >= 15 is 0 Å². The monoisotopic (exact) mass is 189 g/mol. The molecular weight excluding hydrogens is 178 g/mol. The molecule has 0 aliphatic carbocycles. The number of rotatable bonds is 2. The number of hydrogen-bond acceptors (Lipinski definition) is 1. The molecule has 0 aromatic heterocycles. The first-order valence-electron chi connectivity index (χ1n) is 2.89. The van der Waals surface area contributed by atoms with E-state index in [4.69, 9.17) is 0 Å². The predicted molar refractivity (Wildman–Crippen MR) is 45.5 cm³/mol. The predicted octanol–water partition coefficient (Wildman–Crippen LogP) is 2.41. The van der Waals surface area contributed by atoms with Crippen LogP contribution >= 0.6 is 15.9 Å². The minimum atomic E-state index is 1.10. The number of hydrogen-bond donors (Lipinski definition) is 1. The van der Waals surface area contributed by atoms with Crippen molar-refractivity contribution >= 4 is 15.9 Å². The second-order valence-electron chi connectivity index (χ2n) is 1.72. The molecule has 52 valence electrons. The third-order valence-corrected chi connectivity index (χ3v) is 1.91. The molecule has 0 aliphatic heterocycles. The zero-order valence-electron chi connectivity index (χ0n) is 6.03. The highest BCUT2D eigenvalue weighted by atomic mass is 79.9. The Morgan fingerprint density at radius 2 is 2.11 bits per heavy atom. The van der Waals surface area contributed by atoms with E-state index in [0.29, 0.717) is 0 Å². The zero-order chi connectivity index (χ0) is 7.28. The van der Waals surface area contributed by atoms with Gasteiger partial charge in [-0.1, -0.05) is 12.2 Å². The fourth-order valence-electron chi connectivity index (χ4n) is 0.391. The van der Waals surface area contributed by atoms with Crippen molar-refractivity contribution in [2.75, 3.05) is 7.05 Å². The van der Waals surface area contributed by atoms with Crippen molar-refractivity contribution in [3.05, 3.63) is 22.3 Å². The Balaban J connectivity index is 4.10. The third-order valence-electron chi connectivity index (χ3n) is 1.05. The van der Waals surface area contributed by atoms with Gasteiger partial charge in [0.2, 0.25) is 0 Å². The number of nitrogens with one attached hydrogen (secondary N) is 1. The highest BCUT2D eigenvalue weighted by Crippen LogP contribution is 2.09. The van der Waals surface area contributed by atoms with E-state index < -0.39 is 0 Å². The summed E-state index contributed by atoms with van der Waals surface area (Å²) >= 11 is 3.39. The van der Waals surface area contributed by atoms with E-state index in [1.807, 2.05) is 33.0 Å². The quantitative estimate of drug-likeness (QED) is 0.659. The van der Waals surface area contributed by atoms with Gasteiger partial charge in [0, 0.05) is 17.2 Å². The Morgan fingerprint density at radius 3 is 2.44 bits per heavy atom. The van der Waals surface area contributed by atoms with Crippen molar-refractivity contribution in [1.29, 1.82) is 0 Å². The third kappa shape index (κ3) is 3.36. The van der Waals surface area contributed by atoms with Crippen molar-refractivity contribution in [3.8, 4) is 0 Å². The van der Waals surface area contributed by atoms with E-state index in [9.17, 15) is 0 Å². The first kappa shape index (κ1) is 8.76. The van der Waals surface area contributed by atoms with Gasteiger partial charge >= 0.3 is 0 Å².